The molecule has 4 nitrogen and oxygen atoms in total. The number of benzene rings is 2. The molecule has 2 unspecified atom stereocenters. The molecule has 1 heterocycles. The van der Waals surface area contributed by atoms with Gasteiger partial charge >= 0.3 is 0 Å². The van der Waals surface area contributed by atoms with Crippen LogP contribution in [0.2, 0.25) is 0 Å². The molecule has 0 amide bonds. The standard InChI is InChI=1S/C19H22F2N2O2S/c1-13-3-2-4-14(9-13)12-26(24,25)23-19-11-22-8-7-16(19)15-5-6-17(20)18(21)10-15/h2-6,9-10,16,19,22-23H,7-8,11-12H2,1H3. The van der Waals surface area contributed by atoms with Crippen molar-refractivity contribution < 1.29 is 17.2 Å². The van der Waals surface area contributed by atoms with Crippen LogP contribution in [0, 0.1) is 18.6 Å². The monoisotopic (exact) mass is 380 g/mol. The molecule has 140 valence electrons. The van der Waals surface area contributed by atoms with Crippen LogP contribution in [0.3, 0.4) is 0 Å². The molecule has 1 aliphatic rings. The average molecular weight is 380 g/mol. The van der Waals surface area contributed by atoms with Gasteiger partial charge in [0.2, 0.25) is 10.0 Å². The topological polar surface area (TPSA) is 58.2 Å². The Balaban J connectivity index is 1.78. The van der Waals surface area contributed by atoms with Crippen molar-refractivity contribution in [2.24, 2.45) is 0 Å². The summed E-state index contributed by atoms with van der Waals surface area (Å²) in [7, 11) is -3.57. The van der Waals surface area contributed by atoms with Crippen molar-refractivity contribution in [3.8, 4) is 0 Å². The van der Waals surface area contributed by atoms with E-state index >= 15 is 0 Å². The second-order valence-corrected chi connectivity index (χ2v) is 8.50. The Morgan fingerprint density at radius 1 is 1.15 bits per heavy atom. The van der Waals surface area contributed by atoms with Crippen molar-refractivity contribution >= 4 is 10.0 Å². The first-order valence-corrected chi connectivity index (χ1v) is 10.2. The van der Waals surface area contributed by atoms with Crippen LogP contribution < -0.4 is 10.0 Å². The summed E-state index contributed by atoms with van der Waals surface area (Å²) in [5, 5.41) is 3.16. The number of nitrogens with one attached hydrogen (secondary N) is 2. The molecule has 0 radical (unpaired) electrons. The van der Waals surface area contributed by atoms with Gasteiger partial charge in [-0.05, 0) is 43.1 Å². The summed E-state index contributed by atoms with van der Waals surface area (Å²) in [4.78, 5) is 0. The predicted molar refractivity (Wildman–Crippen MR) is 97.3 cm³/mol. The minimum Gasteiger partial charge on any atom is -0.315 e. The largest absolute Gasteiger partial charge is 0.315 e. The number of piperidine rings is 1. The summed E-state index contributed by atoms with van der Waals surface area (Å²) in [6, 6.07) is 10.7. The second kappa shape index (κ2) is 7.82. The molecule has 2 aromatic carbocycles. The third kappa shape index (κ3) is 4.66. The van der Waals surface area contributed by atoms with Gasteiger partial charge in [0.1, 0.15) is 0 Å². The number of hydrogen-bond acceptors (Lipinski definition) is 3. The minimum absolute atomic E-state index is 0.115. The molecule has 0 aliphatic carbocycles. The van der Waals surface area contributed by atoms with Gasteiger partial charge in [-0.3, -0.25) is 0 Å². The maximum absolute atomic E-state index is 13.6. The van der Waals surface area contributed by atoms with Gasteiger partial charge in [0, 0.05) is 18.5 Å². The Labute approximate surface area is 152 Å². The van der Waals surface area contributed by atoms with Crippen LogP contribution in [0.15, 0.2) is 42.5 Å². The summed E-state index contributed by atoms with van der Waals surface area (Å²) in [6.07, 6.45) is 0.642. The lowest BCUT2D eigenvalue weighted by atomic mass is 9.86. The van der Waals surface area contributed by atoms with Crippen molar-refractivity contribution in [3.63, 3.8) is 0 Å². The third-order valence-electron chi connectivity index (χ3n) is 4.62. The Morgan fingerprint density at radius 2 is 1.96 bits per heavy atom. The van der Waals surface area contributed by atoms with Gasteiger partial charge in [0.05, 0.1) is 5.75 Å². The fourth-order valence-corrected chi connectivity index (χ4v) is 4.83. The average Bonchev–Trinajstić information content (AvgIpc) is 2.57. The van der Waals surface area contributed by atoms with Crippen LogP contribution in [0.5, 0.6) is 0 Å². The first-order valence-electron chi connectivity index (χ1n) is 8.55. The number of hydrogen-bond donors (Lipinski definition) is 2. The van der Waals surface area contributed by atoms with E-state index in [1.54, 1.807) is 6.07 Å². The molecule has 2 N–H and O–H groups in total. The summed E-state index contributed by atoms with van der Waals surface area (Å²) in [6.45, 7) is 3.05. The molecule has 0 spiro atoms. The number of halogens is 2. The summed E-state index contributed by atoms with van der Waals surface area (Å²) in [5.74, 6) is -2.14. The SMILES string of the molecule is Cc1cccc(CS(=O)(=O)NC2CNCCC2c2ccc(F)c(F)c2)c1. The molecule has 26 heavy (non-hydrogen) atoms. The zero-order valence-corrected chi connectivity index (χ0v) is 15.3. The van der Waals surface area contributed by atoms with Gasteiger partial charge in [-0.25, -0.2) is 21.9 Å². The number of sulfonamides is 1. The molecule has 7 heteroatoms. The number of aryl methyl sites for hydroxylation is 1. The van der Waals surface area contributed by atoms with Crippen LogP contribution in [0.4, 0.5) is 8.78 Å². The highest BCUT2D eigenvalue weighted by molar-refractivity contribution is 7.88. The fourth-order valence-electron chi connectivity index (χ4n) is 3.42. The molecule has 0 aromatic heterocycles. The van der Waals surface area contributed by atoms with Gasteiger partial charge in [0.25, 0.3) is 0 Å². The van der Waals surface area contributed by atoms with E-state index in [4.69, 9.17) is 0 Å². The highest BCUT2D eigenvalue weighted by Gasteiger charge is 2.30. The molecule has 1 aliphatic heterocycles. The van der Waals surface area contributed by atoms with Crippen molar-refractivity contribution in [1.29, 1.82) is 0 Å². The van der Waals surface area contributed by atoms with Gasteiger partial charge in [-0.15, -0.1) is 0 Å². The molecule has 2 aromatic rings. The second-order valence-electron chi connectivity index (χ2n) is 6.75. The van der Waals surface area contributed by atoms with Crippen molar-refractivity contribution in [3.05, 3.63) is 70.8 Å². The lowest BCUT2D eigenvalue weighted by Crippen LogP contribution is -2.50. The molecule has 1 saturated heterocycles. The van der Waals surface area contributed by atoms with Crippen LogP contribution in [-0.4, -0.2) is 27.5 Å². The van der Waals surface area contributed by atoms with Crippen LogP contribution in [-0.2, 0) is 15.8 Å². The third-order valence-corrected chi connectivity index (χ3v) is 6.00. The zero-order valence-electron chi connectivity index (χ0n) is 14.5. The van der Waals surface area contributed by atoms with Gasteiger partial charge in [-0.2, -0.15) is 0 Å². The first-order chi connectivity index (χ1) is 12.3. The zero-order chi connectivity index (χ0) is 18.7. The molecule has 3 rings (SSSR count). The van der Waals surface area contributed by atoms with E-state index in [1.807, 2.05) is 25.1 Å². The van der Waals surface area contributed by atoms with E-state index < -0.39 is 27.7 Å². The van der Waals surface area contributed by atoms with Crippen molar-refractivity contribution in [2.45, 2.75) is 31.1 Å². The van der Waals surface area contributed by atoms with Crippen molar-refractivity contribution in [2.75, 3.05) is 13.1 Å². The predicted octanol–water partition coefficient (Wildman–Crippen LogP) is 2.84. The maximum Gasteiger partial charge on any atom is 0.216 e. The Kier molecular flexibility index (Phi) is 5.70. The van der Waals surface area contributed by atoms with E-state index in [-0.39, 0.29) is 11.7 Å². The maximum atomic E-state index is 13.6. The fraction of sp³-hybridized carbons (Fsp3) is 0.368. The summed E-state index contributed by atoms with van der Waals surface area (Å²) >= 11 is 0. The Bertz CT molecular complexity index is 887. The van der Waals surface area contributed by atoms with E-state index in [1.165, 1.54) is 6.07 Å². The van der Waals surface area contributed by atoms with E-state index in [9.17, 15) is 17.2 Å². The van der Waals surface area contributed by atoms with E-state index in [2.05, 4.69) is 10.0 Å². The quantitative estimate of drug-likeness (QED) is 0.839. The lowest BCUT2D eigenvalue weighted by molar-refractivity contribution is 0.376. The lowest BCUT2D eigenvalue weighted by Gasteiger charge is -2.33. The smallest absolute Gasteiger partial charge is 0.216 e. The molecular formula is C19H22F2N2O2S. The van der Waals surface area contributed by atoms with E-state index in [0.29, 0.717) is 30.6 Å². The first kappa shape index (κ1) is 18.9. The van der Waals surface area contributed by atoms with Crippen LogP contribution in [0.25, 0.3) is 0 Å². The Hall–Kier alpha value is -1.83. The molecule has 0 saturated carbocycles. The highest BCUT2D eigenvalue weighted by atomic mass is 32.2. The molecule has 2 atom stereocenters. The van der Waals surface area contributed by atoms with Crippen molar-refractivity contribution in [1.82, 2.24) is 10.0 Å². The normalized spacial score (nSPS) is 20.9. The number of rotatable bonds is 5. The van der Waals surface area contributed by atoms with E-state index in [0.717, 1.165) is 17.7 Å². The van der Waals surface area contributed by atoms with Gasteiger partial charge in [0.15, 0.2) is 11.6 Å². The summed E-state index contributed by atoms with van der Waals surface area (Å²) in [5.41, 5.74) is 2.32. The Morgan fingerprint density at radius 3 is 2.69 bits per heavy atom. The molecular weight excluding hydrogens is 358 g/mol. The molecule has 0 bridgehead atoms. The summed E-state index contributed by atoms with van der Waals surface area (Å²) < 4.78 is 54.8. The van der Waals surface area contributed by atoms with Gasteiger partial charge in [-0.1, -0.05) is 35.9 Å². The highest BCUT2D eigenvalue weighted by Crippen LogP contribution is 2.27. The minimum atomic E-state index is -3.57. The van der Waals surface area contributed by atoms with Crippen LogP contribution in [0.1, 0.15) is 29.0 Å². The van der Waals surface area contributed by atoms with Crippen LogP contribution >= 0.6 is 0 Å². The van der Waals surface area contributed by atoms with Gasteiger partial charge < -0.3 is 5.32 Å². The molecule has 1 fully saturated rings.